The van der Waals surface area contributed by atoms with E-state index in [9.17, 15) is 4.79 Å². The Balaban J connectivity index is 1.79. The summed E-state index contributed by atoms with van der Waals surface area (Å²) in [5.41, 5.74) is 3.95. The van der Waals surface area contributed by atoms with Crippen LogP contribution in [0.3, 0.4) is 0 Å². The van der Waals surface area contributed by atoms with Crippen molar-refractivity contribution in [1.29, 1.82) is 0 Å². The molecular formula is C20H29BrN6O. The Morgan fingerprint density at radius 1 is 1.21 bits per heavy atom. The molecule has 0 fully saturated rings. The average molecular weight is 449 g/mol. The van der Waals surface area contributed by atoms with Crippen molar-refractivity contribution in [3.05, 3.63) is 51.3 Å². The first kappa shape index (κ1) is 21.9. The lowest BCUT2D eigenvalue weighted by Gasteiger charge is -2.12. The second kappa shape index (κ2) is 10.8. The van der Waals surface area contributed by atoms with Gasteiger partial charge in [-0.3, -0.25) is 9.48 Å². The van der Waals surface area contributed by atoms with Crippen LogP contribution in [0.15, 0.2) is 33.7 Å². The molecule has 1 aromatic heterocycles. The van der Waals surface area contributed by atoms with Crippen molar-refractivity contribution in [2.75, 3.05) is 19.6 Å². The van der Waals surface area contributed by atoms with Gasteiger partial charge in [0.1, 0.15) is 0 Å². The topological polar surface area (TPSA) is 83.3 Å². The van der Waals surface area contributed by atoms with Crippen molar-refractivity contribution in [1.82, 2.24) is 25.7 Å². The van der Waals surface area contributed by atoms with Gasteiger partial charge in [0.2, 0.25) is 0 Å². The van der Waals surface area contributed by atoms with E-state index in [0.29, 0.717) is 18.7 Å². The molecule has 0 atom stereocenters. The van der Waals surface area contributed by atoms with Gasteiger partial charge in [-0.2, -0.15) is 5.10 Å². The number of aromatic nitrogens is 2. The molecule has 0 radical (unpaired) electrons. The van der Waals surface area contributed by atoms with Crippen molar-refractivity contribution in [2.24, 2.45) is 12.0 Å². The summed E-state index contributed by atoms with van der Waals surface area (Å²) in [7, 11) is 1.95. The van der Waals surface area contributed by atoms with Crippen LogP contribution in [0.5, 0.6) is 0 Å². The first-order chi connectivity index (χ1) is 13.4. The Hall–Kier alpha value is -2.35. The molecule has 0 spiro atoms. The molecule has 0 bridgehead atoms. The molecule has 0 aliphatic heterocycles. The van der Waals surface area contributed by atoms with Crippen LogP contribution in [0.4, 0.5) is 0 Å². The summed E-state index contributed by atoms with van der Waals surface area (Å²) in [5.74, 6) is 0.702. The number of carbonyl (C=O) groups excluding carboxylic acids is 1. The molecule has 1 heterocycles. The van der Waals surface area contributed by atoms with Crippen LogP contribution in [-0.4, -0.2) is 41.3 Å². The number of nitrogens with zero attached hydrogens (tertiary/aromatic N) is 3. The normalized spacial score (nSPS) is 11.4. The molecule has 8 heteroatoms. The summed E-state index contributed by atoms with van der Waals surface area (Å²) >= 11 is 3.38. The van der Waals surface area contributed by atoms with Crippen molar-refractivity contribution < 1.29 is 4.79 Å². The predicted octanol–water partition coefficient (Wildman–Crippen LogP) is 2.67. The molecule has 0 aliphatic rings. The molecule has 0 saturated carbocycles. The highest BCUT2D eigenvalue weighted by Crippen LogP contribution is 2.13. The Labute approximate surface area is 175 Å². The van der Waals surface area contributed by atoms with E-state index in [4.69, 9.17) is 0 Å². The fourth-order valence-electron chi connectivity index (χ4n) is 2.78. The molecule has 0 saturated heterocycles. The van der Waals surface area contributed by atoms with E-state index in [1.165, 1.54) is 0 Å². The number of aliphatic imine (C=N–C) groups is 1. The standard InChI is InChI=1S/C20H29BrN6O/c1-5-22-20(25-13-18-14(2)26-27(4)15(18)3)24-11-7-10-23-19(28)16-8-6-9-17(21)12-16/h6,8-9,12H,5,7,10-11,13H2,1-4H3,(H,23,28)(H2,22,24,25). The van der Waals surface area contributed by atoms with Gasteiger partial charge in [-0.25, -0.2) is 4.99 Å². The van der Waals surface area contributed by atoms with E-state index < -0.39 is 0 Å². The molecule has 28 heavy (non-hydrogen) atoms. The van der Waals surface area contributed by atoms with Crippen LogP contribution in [0.2, 0.25) is 0 Å². The van der Waals surface area contributed by atoms with Gasteiger partial charge in [-0.1, -0.05) is 22.0 Å². The molecule has 7 nitrogen and oxygen atoms in total. The minimum absolute atomic E-state index is 0.0654. The number of halogens is 1. The lowest BCUT2D eigenvalue weighted by Crippen LogP contribution is -2.38. The summed E-state index contributed by atoms with van der Waals surface area (Å²) in [6.07, 6.45) is 0.801. The fraction of sp³-hybridized carbons (Fsp3) is 0.450. The third kappa shape index (κ3) is 6.37. The van der Waals surface area contributed by atoms with Gasteiger partial charge in [0.05, 0.1) is 12.2 Å². The molecule has 2 aromatic rings. The summed E-state index contributed by atoms with van der Waals surface area (Å²) in [5, 5.41) is 13.9. The van der Waals surface area contributed by atoms with Gasteiger partial charge in [-0.05, 0) is 45.4 Å². The van der Waals surface area contributed by atoms with Gasteiger partial charge < -0.3 is 16.0 Å². The number of carbonyl (C=O) groups is 1. The predicted molar refractivity (Wildman–Crippen MR) is 117 cm³/mol. The summed E-state index contributed by atoms with van der Waals surface area (Å²) in [6.45, 7) is 8.78. The van der Waals surface area contributed by atoms with Crippen molar-refractivity contribution in [3.63, 3.8) is 0 Å². The Kier molecular flexibility index (Phi) is 8.50. The highest BCUT2D eigenvalue weighted by molar-refractivity contribution is 9.10. The Morgan fingerprint density at radius 2 is 1.96 bits per heavy atom. The highest BCUT2D eigenvalue weighted by atomic mass is 79.9. The molecule has 1 amide bonds. The average Bonchev–Trinajstić information content (AvgIpc) is 2.91. The number of hydrogen-bond donors (Lipinski definition) is 3. The number of guanidine groups is 1. The number of aryl methyl sites for hydroxylation is 2. The van der Waals surface area contributed by atoms with Crippen molar-refractivity contribution in [3.8, 4) is 0 Å². The third-order valence-corrected chi connectivity index (χ3v) is 4.91. The van der Waals surface area contributed by atoms with E-state index >= 15 is 0 Å². The zero-order valence-electron chi connectivity index (χ0n) is 17.0. The number of hydrogen-bond acceptors (Lipinski definition) is 3. The smallest absolute Gasteiger partial charge is 0.251 e. The van der Waals surface area contributed by atoms with E-state index in [2.05, 4.69) is 48.9 Å². The molecule has 2 rings (SSSR count). The highest BCUT2D eigenvalue weighted by Gasteiger charge is 2.09. The van der Waals surface area contributed by atoms with Gasteiger partial charge in [0.25, 0.3) is 5.91 Å². The summed E-state index contributed by atoms with van der Waals surface area (Å²) in [4.78, 5) is 16.8. The fourth-order valence-corrected chi connectivity index (χ4v) is 3.17. The van der Waals surface area contributed by atoms with Crippen LogP contribution in [-0.2, 0) is 13.6 Å². The van der Waals surface area contributed by atoms with Crippen molar-refractivity contribution >= 4 is 27.8 Å². The maximum Gasteiger partial charge on any atom is 0.251 e. The number of benzene rings is 1. The van der Waals surface area contributed by atoms with Crippen molar-refractivity contribution in [2.45, 2.75) is 33.7 Å². The van der Waals surface area contributed by atoms with Crippen LogP contribution in [0.25, 0.3) is 0 Å². The van der Waals surface area contributed by atoms with E-state index in [1.54, 1.807) is 6.07 Å². The van der Waals surface area contributed by atoms with Crippen LogP contribution in [0, 0.1) is 13.8 Å². The molecule has 152 valence electrons. The summed E-state index contributed by atoms with van der Waals surface area (Å²) < 4.78 is 2.78. The van der Waals surface area contributed by atoms with Crippen LogP contribution >= 0.6 is 15.9 Å². The lowest BCUT2D eigenvalue weighted by molar-refractivity contribution is 0.0953. The second-order valence-electron chi connectivity index (χ2n) is 6.51. The van der Waals surface area contributed by atoms with E-state index in [-0.39, 0.29) is 5.91 Å². The minimum Gasteiger partial charge on any atom is -0.357 e. The van der Waals surface area contributed by atoms with Gasteiger partial charge in [0.15, 0.2) is 5.96 Å². The lowest BCUT2D eigenvalue weighted by atomic mass is 10.2. The van der Waals surface area contributed by atoms with E-state index in [1.807, 2.05) is 43.8 Å². The Bertz CT molecular complexity index is 830. The number of amides is 1. The monoisotopic (exact) mass is 448 g/mol. The molecule has 0 unspecified atom stereocenters. The van der Waals surface area contributed by atoms with Gasteiger partial charge >= 0.3 is 0 Å². The third-order valence-electron chi connectivity index (χ3n) is 4.42. The maximum atomic E-state index is 12.1. The van der Waals surface area contributed by atoms with Gasteiger partial charge in [-0.15, -0.1) is 0 Å². The van der Waals surface area contributed by atoms with Gasteiger partial charge in [0, 0.05) is 48.0 Å². The van der Waals surface area contributed by atoms with Crippen LogP contribution < -0.4 is 16.0 Å². The number of rotatable bonds is 8. The zero-order chi connectivity index (χ0) is 20.5. The second-order valence-corrected chi connectivity index (χ2v) is 7.43. The summed E-state index contributed by atoms with van der Waals surface area (Å²) in [6, 6.07) is 7.37. The quantitative estimate of drug-likeness (QED) is 0.329. The zero-order valence-corrected chi connectivity index (χ0v) is 18.6. The molecule has 0 aliphatic carbocycles. The van der Waals surface area contributed by atoms with Crippen LogP contribution in [0.1, 0.15) is 40.7 Å². The first-order valence-electron chi connectivity index (χ1n) is 9.47. The number of nitrogens with one attached hydrogen (secondary N) is 3. The maximum absolute atomic E-state index is 12.1. The minimum atomic E-state index is -0.0654. The SMILES string of the molecule is CCNC(=NCc1c(C)nn(C)c1C)NCCCNC(=O)c1cccc(Br)c1. The molecule has 1 aromatic carbocycles. The first-order valence-corrected chi connectivity index (χ1v) is 10.3. The Morgan fingerprint density at radius 3 is 2.61 bits per heavy atom. The molecule has 3 N–H and O–H groups in total. The largest absolute Gasteiger partial charge is 0.357 e. The molecular weight excluding hydrogens is 420 g/mol. The van der Waals surface area contributed by atoms with E-state index in [0.717, 1.165) is 46.9 Å².